The lowest BCUT2D eigenvalue weighted by atomic mass is 9.90. The minimum Gasteiger partial charge on any atom is -0.497 e. The third-order valence-electron chi connectivity index (χ3n) is 6.18. The molecule has 9 heteroatoms. The molecule has 1 N–H and O–H groups in total. The SMILES string of the molecule is COc1ccc([C@H]2[C@H]3CNC[C@H]3CN2S(=O)(=O)c2ccc3oc(=O)ccc3c2)cc1.Cl. The van der Waals surface area contributed by atoms with Crippen LogP contribution in [0.15, 0.2) is 68.7 Å². The summed E-state index contributed by atoms with van der Waals surface area (Å²) in [6.07, 6.45) is 0. The van der Waals surface area contributed by atoms with Gasteiger partial charge in [-0.05, 0) is 60.3 Å². The van der Waals surface area contributed by atoms with Crippen LogP contribution < -0.4 is 15.7 Å². The van der Waals surface area contributed by atoms with Gasteiger partial charge < -0.3 is 14.5 Å². The Balaban J connectivity index is 0.00000231. The number of nitrogens with zero attached hydrogens (tertiary/aromatic N) is 1. The van der Waals surface area contributed by atoms with Crippen molar-refractivity contribution in [1.29, 1.82) is 0 Å². The highest BCUT2D eigenvalue weighted by Gasteiger charge is 2.49. The van der Waals surface area contributed by atoms with Gasteiger partial charge in [0, 0.05) is 24.5 Å². The molecule has 0 radical (unpaired) electrons. The van der Waals surface area contributed by atoms with E-state index in [1.165, 1.54) is 12.1 Å². The van der Waals surface area contributed by atoms with E-state index in [0.29, 0.717) is 17.5 Å². The smallest absolute Gasteiger partial charge is 0.336 e. The van der Waals surface area contributed by atoms with Gasteiger partial charge in [0.2, 0.25) is 10.0 Å². The van der Waals surface area contributed by atoms with Gasteiger partial charge >= 0.3 is 5.63 Å². The molecule has 31 heavy (non-hydrogen) atoms. The van der Waals surface area contributed by atoms with Crippen LogP contribution in [0.25, 0.3) is 11.0 Å². The highest BCUT2D eigenvalue weighted by molar-refractivity contribution is 7.89. The second kappa shape index (κ2) is 8.27. The molecule has 2 saturated heterocycles. The predicted molar refractivity (Wildman–Crippen MR) is 119 cm³/mol. The predicted octanol–water partition coefficient (Wildman–Crippen LogP) is 2.80. The molecule has 3 heterocycles. The van der Waals surface area contributed by atoms with Crippen LogP contribution in [0.1, 0.15) is 11.6 Å². The lowest BCUT2D eigenvalue weighted by molar-refractivity contribution is 0.345. The maximum Gasteiger partial charge on any atom is 0.336 e. The van der Waals surface area contributed by atoms with E-state index in [9.17, 15) is 13.2 Å². The standard InChI is InChI=1S/C22H22N2O5S.ClH/c1-28-17-5-2-14(3-6-17)22-19-12-23-11-16(19)13-24(22)30(26,27)18-7-8-20-15(10-18)4-9-21(25)29-20;/h2-10,16,19,22-23H,11-13H2,1H3;1H/t16-,19-,22-;/m0./s1. The number of nitrogens with one attached hydrogen (secondary N) is 1. The molecule has 2 fully saturated rings. The third kappa shape index (κ3) is 3.74. The van der Waals surface area contributed by atoms with Gasteiger partial charge in [0.1, 0.15) is 11.3 Å². The van der Waals surface area contributed by atoms with Crippen molar-refractivity contribution >= 4 is 33.4 Å². The van der Waals surface area contributed by atoms with Crippen molar-refractivity contribution in [2.75, 3.05) is 26.7 Å². The molecule has 0 spiro atoms. The summed E-state index contributed by atoms with van der Waals surface area (Å²) >= 11 is 0. The van der Waals surface area contributed by atoms with E-state index in [1.807, 2.05) is 24.3 Å². The van der Waals surface area contributed by atoms with Crippen molar-refractivity contribution in [3.63, 3.8) is 0 Å². The van der Waals surface area contributed by atoms with Crippen molar-refractivity contribution in [2.24, 2.45) is 11.8 Å². The average molecular weight is 463 g/mol. The zero-order valence-electron chi connectivity index (χ0n) is 16.9. The second-order valence-corrected chi connectivity index (χ2v) is 9.72. The summed E-state index contributed by atoms with van der Waals surface area (Å²) in [5.41, 5.74) is 0.871. The van der Waals surface area contributed by atoms with Gasteiger partial charge in [-0.25, -0.2) is 13.2 Å². The Bertz CT molecular complexity index is 1260. The van der Waals surface area contributed by atoms with Crippen LogP contribution in [0.2, 0.25) is 0 Å². The molecule has 0 bridgehead atoms. The highest BCUT2D eigenvalue weighted by atomic mass is 35.5. The molecular weight excluding hydrogens is 440 g/mol. The Labute approximate surface area is 186 Å². The van der Waals surface area contributed by atoms with Crippen LogP contribution in [0.5, 0.6) is 5.75 Å². The number of methoxy groups -OCH3 is 1. The number of hydrogen-bond acceptors (Lipinski definition) is 6. The first-order valence-electron chi connectivity index (χ1n) is 9.88. The summed E-state index contributed by atoms with van der Waals surface area (Å²) in [6, 6.07) is 14.9. The van der Waals surface area contributed by atoms with E-state index < -0.39 is 15.6 Å². The molecule has 0 unspecified atom stereocenters. The summed E-state index contributed by atoms with van der Waals surface area (Å²) in [6.45, 7) is 2.07. The third-order valence-corrected chi connectivity index (χ3v) is 8.02. The molecule has 164 valence electrons. The number of benzene rings is 2. The summed E-state index contributed by atoms with van der Waals surface area (Å²) in [4.78, 5) is 11.6. The first-order chi connectivity index (χ1) is 14.5. The number of fused-ring (bicyclic) bond motifs is 2. The molecule has 2 aliphatic heterocycles. The van der Waals surface area contributed by atoms with Gasteiger partial charge in [0.05, 0.1) is 18.0 Å². The maximum absolute atomic E-state index is 13.7. The zero-order valence-corrected chi connectivity index (χ0v) is 18.5. The molecule has 1 aromatic heterocycles. The Morgan fingerprint density at radius 2 is 1.84 bits per heavy atom. The van der Waals surface area contributed by atoms with E-state index in [0.717, 1.165) is 24.4 Å². The van der Waals surface area contributed by atoms with E-state index in [-0.39, 0.29) is 35.2 Å². The van der Waals surface area contributed by atoms with Crippen LogP contribution in [0.4, 0.5) is 0 Å². The molecular formula is C22H23ClN2O5S. The summed E-state index contributed by atoms with van der Waals surface area (Å²) < 4.78 is 39.4. The number of rotatable bonds is 4. The number of ether oxygens (including phenoxy) is 1. The minimum atomic E-state index is -3.74. The van der Waals surface area contributed by atoms with Crippen LogP contribution >= 0.6 is 12.4 Å². The largest absolute Gasteiger partial charge is 0.497 e. The average Bonchev–Trinajstić information content (AvgIpc) is 3.35. The van der Waals surface area contributed by atoms with Gasteiger partial charge in [0.15, 0.2) is 0 Å². The van der Waals surface area contributed by atoms with E-state index in [2.05, 4.69) is 5.32 Å². The van der Waals surface area contributed by atoms with Crippen molar-refractivity contribution < 1.29 is 17.6 Å². The number of hydrogen-bond donors (Lipinski definition) is 1. The lowest BCUT2D eigenvalue weighted by Gasteiger charge is -2.28. The Hall–Kier alpha value is -2.39. The summed E-state index contributed by atoms with van der Waals surface area (Å²) in [5.74, 6) is 1.22. The maximum atomic E-state index is 13.7. The fraction of sp³-hybridized carbons (Fsp3) is 0.318. The Morgan fingerprint density at radius 3 is 2.58 bits per heavy atom. The fourth-order valence-electron chi connectivity index (χ4n) is 4.69. The fourth-order valence-corrected chi connectivity index (χ4v) is 6.44. The molecule has 7 nitrogen and oxygen atoms in total. The van der Waals surface area contributed by atoms with Gasteiger partial charge in [-0.2, -0.15) is 4.31 Å². The molecule has 2 aromatic carbocycles. The van der Waals surface area contributed by atoms with Crippen molar-refractivity contribution in [2.45, 2.75) is 10.9 Å². The van der Waals surface area contributed by atoms with Gasteiger partial charge in [0.25, 0.3) is 0 Å². The number of sulfonamides is 1. The Morgan fingerprint density at radius 1 is 1.06 bits per heavy atom. The monoisotopic (exact) mass is 462 g/mol. The van der Waals surface area contributed by atoms with Gasteiger partial charge in [-0.15, -0.1) is 12.4 Å². The second-order valence-electron chi connectivity index (χ2n) is 7.83. The van der Waals surface area contributed by atoms with Crippen LogP contribution in [-0.4, -0.2) is 39.5 Å². The van der Waals surface area contributed by atoms with Crippen LogP contribution in [-0.2, 0) is 10.0 Å². The van der Waals surface area contributed by atoms with Crippen molar-refractivity contribution in [1.82, 2.24) is 9.62 Å². The minimum absolute atomic E-state index is 0. The van der Waals surface area contributed by atoms with E-state index >= 15 is 0 Å². The lowest BCUT2D eigenvalue weighted by Crippen LogP contribution is -2.34. The summed E-state index contributed by atoms with van der Waals surface area (Å²) in [7, 11) is -2.13. The van der Waals surface area contributed by atoms with E-state index in [1.54, 1.807) is 29.6 Å². The zero-order chi connectivity index (χ0) is 20.9. The number of halogens is 1. The first kappa shape index (κ1) is 21.8. The molecule has 0 saturated carbocycles. The molecule has 0 aliphatic carbocycles. The normalized spacial score (nSPS) is 23.5. The molecule has 3 atom stereocenters. The van der Waals surface area contributed by atoms with Crippen molar-refractivity contribution in [3.8, 4) is 5.75 Å². The highest BCUT2D eigenvalue weighted by Crippen LogP contribution is 2.45. The van der Waals surface area contributed by atoms with Gasteiger partial charge in [-0.1, -0.05) is 12.1 Å². The molecule has 5 rings (SSSR count). The topological polar surface area (TPSA) is 88.8 Å². The molecule has 2 aliphatic rings. The molecule has 3 aromatic rings. The van der Waals surface area contributed by atoms with Crippen LogP contribution in [0, 0.1) is 11.8 Å². The quantitative estimate of drug-likeness (QED) is 0.600. The Kier molecular flexibility index (Phi) is 5.83. The van der Waals surface area contributed by atoms with E-state index in [4.69, 9.17) is 9.15 Å². The summed E-state index contributed by atoms with van der Waals surface area (Å²) in [5, 5.41) is 3.98. The van der Waals surface area contributed by atoms with Gasteiger partial charge in [-0.3, -0.25) is 0 Å². The first-order valence-corrected chi connectivity index (χ1v) is 11.3. The van der Waals surface area contributed by atoms with Crippen molar-refractivity contribution in [3.05, 3.63) is 70.6 Å². The molecule has 0 amide bonds. The van der Waals surface area contributed by atoms with Crippen LogP contribution in [0.3, 0.4) is 0 Å².